The summed E-state index contributed by atoms with van der Waals surface area (Å²) in [6.45, 7) is -4.61. The minimum absolute atomic E-state index is 1.35. The van der Waals surface area contributed by atoms with Gasteiger partial charge in [0, 0.05) is 0 Å². The predicted molar refractivity (Wildman–Crippen MR) is 159 cm³/mol. The normalized spacial score (nSPS) is 11.8. The monoisotopic (exact) mass is 598 g/mol. The van der Waals surface area contributed by atoms with E-state index >= 15 is 0 Å². The van der Waals surface area contributed by atoms with Gasteiger partial charge < -0.3 is 0 Å². The van der Waals surface area contributed by atoms with E-state index in [0.717, 1.165) is 0 Å². The molecule has 166 valence electrons. The van der Waals surface area contributed by atoms with Crippen LogP contribution >= 0.6 is 30.6 Å². The first-order valence-corrected chi connectivity index (χ1v) is 19.9. The molecular weight excluding hydrogens is 576 g/mol. The SMILES string of the molecule is Br[Si](c1ccccc1)(c1ccccc1)c1ccc([Si](Br)(c2ccccc2)c2ccccc2)cc1. The van der Waals surface area contributed by atoms with Crippen LogP contribution in [0.2, 0.25) is 0 Å². The van der Waals surface area contributed by atoms with Crippen molar-refractivity contribution in [2.45, 2.75) is 0 Å². The summed E-state index contributed by atoms with van der Waals surface area (Å²) in [6, 6.07) is 52.8. The van der Waals surface area contributed by atoms with Crippen LogP contribution in [-0.4, -0.2) is 13.4 Å². The van der Waals surface area contributed by atoms with Gasteiger partial charge in [-0.25, -0.2) is 0 Å². The van der Waals surface area contributed by atoms with Crippen molar-refractivity contribution in [2.24, 2.45) is 0 Å². The summed E-state index contributed by atoms with van der Waals surface area (Å²) < 4.78 is 0. The zero-order valence-corrected chi connectivity index (χ0v) is 23.8. The van der Waals surface area contributed by atoms with Crippen molar-refractivity contribution in [3.8, 4) is 0 Å². The summed E-state index contributed by atoms with van der Waals surface area (Å²) in [5, 5.41) is 8.09. The molecule has 0 aliphatic heterocycles. The van der Waals surface area contributed by atoms with E-state index < -0.39 is 13.4 Å². The van der Waals surface area contributed by atoms with E-state index in [9.17, 15) is 0 Å². The zero-order valence-electron chi connectivity index (χ0n) is 18.6. The number of hydrogen-bond donors (Lipinski definition) is 0. The Kier molecular flexibility index (Phi) is 6.84. The van der Waals surface area contributed by atoms with Gasteiger partial charge in [-0.2, -0.15) is 0 Å². The van der Waals surface area contributed by atoms with Gasteiger partial charge in [0.05, 0.1) is 0 Å². The van der Waals surface area contributed by atoms with Crippen LogP contribution in [0.25, 0.3) is 0 Å². The van der Waals surface area contributed by atoms with Crippen molar-refractivity contribution in [3.05, 3.63) is 146 Å². The highest BCUT2D eigenvalue weighted by atomic mass is 79.9. The van der Waals surface area contributed by atoms with Crippen molar-refractivity contribution in [3.63, 3.8) is 0 Å². The number of benzene rings is 5. The zero-order chi connectivity index (χ0) is 23.4. The van der Waals surface area contributed by atoms with Gasteiger partial charge in [-0.05, 0) is 31.1 Å². The lowest BCUT2D eigenvalue weighted by molar-refractivity contribution is 1.70. The summed E-state index contributed by atoms with van der Waals surface area (Å²) >= 11 is 8.63. The molecular formula is C30H24Br2Si2. The number of halogens is 2. The first-order chi connectivity index (χ1) is 16.6. The Bertz CT molecular complexity index is 1150. The highest BCUT2D eigenvalue weighted by Crippen LogP contribution is 2.17. The van der Waals surface area contributed by atoms with E-state index in [1.165, 1.54) is 31.1 Å². The molecule has 0 spiro atoms. The summed E-state index contributed by atoms with van der Waals surface area (Å²) in [5.41, 5.74) is 0. The maximum atomic E-state index is 4.31. The van der Waals surface area contributed by atoms with Gasteiger partial charge in [0.15, 0.2) is 0 Å². The molecule has 0 heterocycles. The van der Waals surface area contributed by atoms with Crippen molar-refractivity contribution >= 4 is 75.1 Å². The fraction of sp³-hybridized carbons (Fsp3) is 0. The van der Waals surface area contributed by atoms with Gasteiger partial charge in [0.25, 0.3) is 0 Å². The van der Waals surface area contributed by atoms with E-state index in [-0.39, 0.29) is 0 Å². The Balaban J connectivity index is 1.66. The highest BCUT2D eigenvalue weighted by Gasteiger charge is 2.39. The van der Waals surface area contributed by atoms with Gasteiger partial charge >= 0.3 is 0 Å². The molecule has 0 nitrogen and oxygen atoms in total. The topological polar surface area (TPSA) is 0 Å². The van der Waals surface area contributed by atoms with E-state index in [4.69, 9.17) is 0 Å². The van der Waals surface area contributed by atoms with Crippen LogP contribution in [0, 0.1) is 0 Å². The quantitative estimate of drug-likeness (QED) is 0.154. The van der Waals surface area contributed by atoms with Crippen LogP contribution in [0.1, 0.15) is 0 Å². The molecule has 0 aliphatic carbocycles. The van der Waals surface area contributed by atoms with Crippen LogP contribution in [0.3, 0.4) is 0 Å². The van der Waals surface area contributed by atoms with Crippen LogP contribution in [0.15, 0.2) is 146 Å². The summed E-state index contributed by atoms with van der Waals surface area (Å²) in [6.07, 6.45) is 0. The second-order valence-corrected chi connectivity index (χ2v) is 21.6. The Hall–Kier alpha value is -2.51. The average molecular weight is 601 g/mol. The average Bonchev–Trinajstić information content (AvgIpc) is 2.94. The Morgan fingerprint density at radius 3 is 0.647 bits per heavy atom. The second-order valence-electron chi connectivity index (χ2n) is 8.36. The smallest absolute Gasteiger partial charge is 0.108 e. The molecule has 0 aromatic heterocycles. The van der Waals surface area contributed by atoms with Crippen molar-refractivity contribution in [2.75, 3.05) is 0 Å². The maximum Gasteiger partial charge on any atom is 0.221 e. The molecule has 4 heteroatoms. The van der Waals surface area contributed by atoms with Gasteiger partial charge in [-0.3, -0.25) is 0 Å². The van der Waals surface area contributed by atoms with Crippen molar-refractivity contribution in [1.82, 2.24) is 0 Å². The molecule has 5 rings (SSSR count). The molecule has 0 unspecified atom stereocenters. The van der Waals surface area contributed by atoms with Gasteiger partial charge in [0.1, 0.15) is 0 Å². The maximum absolute atomic E-state index is 4.31. The summed E-state index contributed by atoms with van der Waals surface area (Å²) in [7, 11) is 0. The van der Waals surface area contributed by atoms with Crippen molar-refractivity contribution in [1.29, 1.82) is 0 Å². The lowest BCUT2D eigenvalue weighted by Crippen LogP contribution is -2.64. The first kappa shape index (κ1) is 23.2. The molecule has 0 saturated heterocycles. The molecule has 0 aliphatic rings. The largest absolute Gasteiger partial charge is 0.221 e. The molecule has 0 amide bonds. The number of rotatable bonds is 6. The fourth-order valence-corrected chi connectivity index (χ4v) is 15.2. The van der Waals surface area contributed by atoms with Crippen LogP contribution in [-0.2, 0) is 0 Å². The van der Waals surface area contributed by atoms with E-state index in [0.29, 0.717) is 0 Å². The van der Waals surface area contributed by atoms with E-state index in [1.807, 2.05) is 0 Å². The lowest BCUT2D eigenvalue weighted by Gasteiger charge is -2.30. The fourth-order valence-electron chi connectivity index (χ4n) is 4.60. The molecule has 0 N–H and O–H groups in total. The third kappa shape index (κ3) is 4.20. The van der Waals surface area contributed by atoms with Crippen LogP contribution < -0.4 is 31.1 Å². The minimum atomic E-state index is -2.31. The Morgan fingerprint density at radius 1 is 0.265 bits per heavy atom. The molecule has 0 bridgehead atoms. The Morgan fingerprint density at radius 2 is 0.441 bits per heavy atom. The summed E-state index contributed by atoms with van der Waals surface area (Å²) in [5.74, 6) is 0. The van der Waals surface area contributed by atoms with Crippen LogP contribution in [0.5, 0.6) is 0 Å². The highest BCUT2D eigenvalue weighted by molar-refractivity contribution is 9.27. The predicted octanol–water partition coefficient (Wildman–Crippen LogP) is 4.41. The standard InChI is InChI=1S/C30H24Br2Si2/c31-33(25-13-5-1-6-14-25,26-15-7-2-8-16-26)29-21-23-30(24-22-29)34(32,27-17-9-3-10-18-27)28-19-11-4-12-20-28/h1-24H. The Labute approximate surface area is 219 Å². The molecule has 0 saturated carbocycles. The lowest BCUT2D eigenvalue weighted by atomic mass is 10.3. The third-order valence-electron chi connectivity index (χ3n) is 6.37. The second kappa shape index (κ2) is 10.0. The molecule has 0 fully saturated rings. The van der Waals surface area contributed by atoms with E-state index in [1.54, 1.807) is 0 Å². The molecule has 0 atom stereocenters. The van der Waals surface area contributed by atoms with Crippen molar-refractivity contribution < 1.29 is 0 Å². The molecule has 5 aromatic carbocycles. The number of hydrogen-bond acceptors (Lipinski definition) is 0. The van der Waals surface area contributed by atoms with Gasteiger partial charge in [0.2, 0.25) is 13.4 Å². The molecule has 34 heavy (non-hydrogen) atoms. The molecule has 0 radical (unpaired) electrons. The minimum Gasteiger partial charge on any atom is -0.108 e. The third-order valence-corrected chi connectivity index (χ3v) is 21.4. The summed E-state index contributed by atoms with van der Waals surface area (Å²) in [4.78, 5) is 0. The van der Waals surface area contributed by atoms with Gasteiger partial charge in [-0.1, -0.05) is 146 Å². The van der Waals surface area contributed by atoms with Gasteiger partial charge in [-0.15, -0.1) is 30.6 Å². The van der Waals surface area contributed by atoms with E-state index in [2.05, 4.69) is 176 Å². The molecule has 5 aromatic rings. The first-order valence-electron chi connectivity index (χ1n) is 11.3. The van der Waals surface area contributed by atoms with Crippen LogP contribution in [0.4, 0.5) is 0 Å².